The molecule has 1 aliphatic rings. The average Bonchev–Trinajstić information content (AvgIpc) is 3.19. The molecule has 10 nitrogen and oxygen atoms in total. The summed E-state index contributed by atoms with van der Waals surface area (Å²) in [6.07, 6.45) is 3.05. The zero-order valence-corrected chi connectivity index (χ0v) is 20.6. The Hall–Kier alpha value is -4.25. The van der Waals surface area contributed by atoms with E-state index in [9.17, 15) is 19.7 Å². The number of carbonyl (C=O) groups is 1. The number of hydrogen-bond donors (Lipinski definition) is 0. The van der Waals surface area contributed by atoms with Gasteiger partial charge in [-0.15, -0.1) is 0 Å². The van der Waals surface area contributed by atoms with E-state index in [2.05, 4.69) is 4.99 Å². The van der Waals surface area contributed by atoms with Crippen LogP contribution in [0.1, 0.15) is 31.0 Å². The van der Waals surface area contributed by atoms with Crippen molar-refractivity contribution in [1.29, 1.82) is 0 Å². The van der Waals surface area contributed by atoms with Gasteiger partial charge in [0.1, 0.15) is 0 Å². The Morgan fingerprint density at radius 3 is 2.47 bits per heavy atom. The number of aromatic nitrogens is 1. The van der Waals surface area contributed by atoms with Gasteiger partial charge in [-0.05, 0) is 55.3 Å². The lowest BCUT2D eigenvalue weighted by molar-refractivity contribution is -0.384. The summed E-state index contributed by atoms with van der Waals surface area (Å²) >= 11 is 1.15. The molecule has 0 bridgehead atoms. The lowest BCUT2D eigenvalue weighted by Crippen LogP contribution is -2.39. The van der Waals surface area contributed by atoms with Gasteiger partial charge in [-0.25, -0.2) is 9.79 Å². The molecular formula is C25H23N3O7S. The molecule has 0 radical (unpaired) electrons. The van der Waals surface area contributed by atoms with E-state index in [0.717, 1.165) is 11.3 Å². The number of nitro benzene ring substituents is 1. The van der Waals surface area contributed by atoms with Crippen LogP contribution in [0.3, 0.4) is 0 Å². The number of hydrogen-bond acceptors (Lipinski definition) is 9. The zero-order valence-electron chi connectivity index (χ0n) is 19.8. The fourth-order valence-corrected chi connectivity index (χ4v) is 4.80. The second-order valence-corrected chi connectivity index (χ2v) is 8.61. The molecule has 11 heteroatoms. The van der Waals surface area contributed by atoms with Crippen LogP contribution in [-0.4, -0.2) is 35.8 Å². The van der Waals surface area contributed by atoms with Gasteiger partial charge in [0.05, 0.1) is 41.4 Å². The third-order valence-corrected chi connectivity index (χ3v) is 6.41. The highest BCUT2D eigenvalue weighted by Crippen LogP contribution is 2.35. The van der Waals surface area contributed by atoms with Crippen molar-refractivity contribution in [3.8, 4) is 11.5 Å². The molecule has 0 N–H and O–H groups in total. The number of carbonyl (C=O) groups excluding carboxylic acids is 1. The topological polar surface area (TPSA) is 122 Å². The van der Waals surface area contributed by atoms with Crippen LogP contribution in [0.25, 0.3) is 6.08 Å². The van der Waals surface area contributed by atoms with E-state index in [0.29, 0.717) is 45.2 Å². The first-order valence-electron chi connectivity index (χ1n) is 11.1. The third-order valence-electron chi connectivity index (χ3n) is 5.41. The van der Waals surface area contributed by atoms with Crippen molar-refractivity contribution in [1.82, 2.24) is 4.57 Å². The van der Waals surface area contributed by atoms with Gasteiger partial charge in [-0.2, -0.15) is 0 Å². The number of ether oxygens (including phenoxy) is 3. The molecule has 186 valence electrons. The van der Waals surface area contributed by atoms with Gasteiger partial charge in [-0.1, -0.05) is 17.4 Å². The van der Waals surface area contributed by atoms with Crippen molar-refractivity contribution in [2.45, 2.75) is 19.9 Å². The normalized spacial score (nSPS) is 14.9. The second kappa shape index (κ2) is 10.6. The molecule has 0 unspecified atom stereocenters. The van der Waals surface area contributed by atoms with E-state index in [1.54, 1.807) is 36.4 Å². The average molecular weight is 510 g/mol. The molecule has 3 aromatic rings. The van der Waals surface area contributed by atoms with Crippen LogP contribution in [0.15, 0.2) is 64.0 Å². The van der Waals surface area contributed by atoms with Gasteiger partial charge in [0.25, 0.3) is 11.2 Å². The van der Waals surface area contributed by atoms with Crippen molar-refractivity contribution < 1.29 is 23.9 Å². The molecule has 4 rings (SSSR count). The summed E-state index contributed by atoms with van der Waals surface area (Å²) in [4.78, 5) is 41.4. The molecule has 36 heavy (non-hydrogen) atoms. The fourth-order valence-electron chi connectivity index (χ4n) is 3.83. The summed E-state index contributed by atoms with van der Waals surface area (Å²) in [5.74, 6) is 0.434. The summed E-state index contributed by atoms with van der Waals surface area (Å²) in [5.41, 5.74) is 1.03. The minimum Gasteiger partial charge on any atom is -0.490 e. The second-order valence-electron chi connectivity index (χ2n) is 7.60. The monoisotopic (exact) mass is 509 g/mol. The van der Waals surface area contributed by atoms with Crippen molar-refractivity contribution in [3.05, 3.63) is 95.2 Å². The summed E-state index contributed by atoms with van der Waals surface area (Å²) in [7, 11) is 1.27. The molecule has 1 aromatic heterocycles. The number of fused-ring (bicyclic) bond motifs is 1. The van der Waals surface area contributed by atoms with Crippen LogP contribution in [0.5, 0.6) is 11.5 Å². The molecule has 2 heterocycles. The molecule has 0 spiro atoms. The van der Waals surface area contributed by atoms with Crippen LogP contribution in [0, 0.1) is 10.1 Å². The number of benzene rings is 2. The number of rotatable bonds is 8. The third kappa shape index (κ3) is 4.78. The first-order chi connectivity index (χ1) is 17.4. The van der Waals surface area contributed by atoms with E-state index < -0.39 is 16.9 Å². The van der Waals surface area contributed by atoms with Crippen molar-refractivity contribution in [2.24, 2.45) is 4.99 Å². The number of thiazole rings is 1. The van der Waals surface area contributed by atoms with Gasteiger partial charge in [0, 0.05) is 18.3 Å². The van der Waals surface area contributed by atoms with E-state index in [-0.39, 0.29) is 16.8 Å². The van der Waals surface area contributed by atoms with Gasteiger partial charge in [0.15, 0.2) is 16.3 Å². The molecule has 1 atom stereocenters. The molecule has 0 aliphatic carbocycles. The Balaban J connectivity index is 1.87. The van der Waals surface area contributed by atoms with Gasteiger partial charge >= 0.3 is 5.97 Å². The van der Waals surface area contributed by atoms with Crippen LogP contribution in [-0.2, 0) is 9.53 Å². The highest BCUT2D eigenvalue weighted by Gasteiger charge is 2.31. The van der Waals surface area contributed by atoms with Crippen molar-refractivity contribution >= 4 is 29.1 Å². The van der Waals surface area contributed by atoms with E-state index in [1.165, 1.54) is 30.0 Å². The minimum absolute atomic E-state index is 0.0445. The number of nitrogens with zero attached hydrogens (tertiary/aromatic N) is 3. The maximum Gasteiger partial charge on any atom is 0.337 e. The largest absolute Gasteiger partial charge is 0.490 e. The first-order valence-corrected chi connectivity index (χ1v) is 11.9. The van der Waals surface area contributed by atoms with E-state index >= 15 is 0 Å². The van der Waals surface area contributed by atoms with Crippen LogP contribution < -0.4 is 24.4 Å². The SMILES string of the molecule is CCOc1ccc([C@H]2C(C(=O)OC)=CN=c3s/c(=C\c4ccc([N+](=O)[O-])cc4)c(=O)n32)cc1OCC. The summed E-state index contributed by atoms with van der Waals surface area (Å²) < 4.78 is 18.2. The van der Waals surface area contributed by atoms with E-state index in [4.69, 9.17) is 14.2 Å². The zero-order chi connectivity index (χ0) is 25.8. The maximum absolute atomic E-state index is 13.6. The van der Waals surface area contributed by atoms with Crippen LogP contribution in [0.2, 0.25) is 0 Å². The Labute approximate surface area is 209 Å². The lowest BCUT2D eigenvalue weighted by atomic mass is 9.97. The Morgan fingerprint density at radius 2 is 1.83 bits per heavy atom. The Bertz CT molecular complexity index is 1520. The number of non-ortho nitro benzene ring substituents is 1. The number of nitro groups is 1. The molecule has 1 aliphatic heterocycles. The molecule has 0 saturated carbocycles. The summed E-state index contributed by atoms with van der Waals surface area (Å²) in [6, 6.07) is 10.3. The molecule has 0 fully saturated rings. The lowest BCUT2D eigenvalue weighted by Gasteiger charge is -2.23. The smallest absolute Gasteiger partial charge is 0.337 e. The van der Waals surface area contributed by atoms with Crippen LogP contribution in [0.4, 0.5) is 5.69 Å². The molecular weight excluding hydrogens is 486 g/mol. The standard InChI is InChI=1S/C25H23N3O7S/c1-4-34-19-11-8-16(13-20(19)35-5-2)22-18(24(30)33-3)14-26-25-27(22)23(29)21(36-25)12-15-6-9-17(10-7-15)28(31)32/h6-14,22H,4-5H2,1-3H3/b21-12-/t22-/m0/s1. The Morgan fingerprint density at radius 1 is 1.14 bits per heavy atom. The minimum atomic E-state index is -0.803. The maximum atomic E-state index is 13.6. The summed E-state index contributed by atoms with van der Waals surface area (Å²) in [5, 5.41) is 10.9. The van der Waals surface area contributed by atoms with Gasteiger partial charge in [0.2, 0.25) is 0 Å². The Kier molecular flexibility index (Phi) is 7.30. The number of esters is 1. The fraction of sp³-hybridized carbons (Fsp3) is 0.240. The predicted molar refractivity (Wildman–Crippen MR) is 133 cm³/mol. The molecule has 2 aromatic carbocycles. The number of methoxy groups -OCH3 is 1. The van der Waals surface area contributed by atoms with Crippen molar-refractivity contribution in [2.75, 3.05) is 20.3 Å². The summed E-state index contributed by atoms with van der Waals surface area (Å²) in [6.45, 7) is 4.57. The van der Waals surface area contributed by atoms with Crippen molar-refractivity contribution in [3.63, 3.8) is 0 Å². The first kappa shape index (κ1) is 24.9. The molecule has 0 saturated heterocycles. The predicted octanol–water partition coefficient (Wildman–Crippen LogP) is 2.72. The highest BCUT2D eigenvalue weighted by molar-refractivity contribution is 7.07. The van der Waals surface area contributed by atoms with Crippen LogP contribution >= 0.6 is 11.3 Å². The van der Waals surface area contributed by atoms with E-state index in [1.807, 2.05) is 13.8 Å². The van der Waals surface area contributed by atoms with Gasteiger partial charge in [-0.3, -0.25) is 19.5 Å². The highest BCUT2D eigenvalue weighted by atomic mass is 32.1. The molecule has 0 amide bonds. The quantitative estimate of drug-likeness (QED) is 0.260. The van der Waals surface area contributed by atoms with Gasteiger partial charge < -0.3 is 14.2 Å².